The Kier molecular flexibility index (Phi) is 3.64. The monoisotopic (exact) mass is 277 g/mol. The lowest BCUT2D eigenvalue weighted by molar-refractivity contribution is 0.301. The predicted octanol–water partition coefficient (Wildman–Crippen LogP) is 2.92. The molecule has 6 heteroatoms. The molecule has 1 saturated carbocycles. The van der Waals surface area contributed by atoms with Gasteiger partial charge in [0, 0.05) is 12.4 Å². The Morgan fingerprint density at radius 2 is 2.16 bits per heavy atom. The summed E-state index contributed by atoms with van der Waals surface area (Å²) in [5.74, 6) is 0.733. The van der Waals surface area contributed by atoms with Crippen LogP contribution in [-0.2, 0) is 0 Å². The smallest absolute Gasteiger partial charge is 0.149 e. The number of nitrogens with zero attached hydrogens (tertiary/aromatic N) is 4. The lowest BCUT2D eigenvalue weighted by Gasteiger charge is -2.32. The second kappa shape index (κ2) is 5.57. The zero-order valence-electron chi connectivity index (χ0n) is 10.5. The zero-order chi connectivity index (χ0) is 13.1. The van der Waals surface area contributed by atoms with Crippen LogP contribution in [0.25, 0.3) is 0 Å². The summed E-state index contributed by atoms with van der Waals surface area (Å²) in [6.07, 6.45) is 11.8. The van der Waals surface area contributed by atoms with E-state index in [0.29, 0.717) is 17.2 Å². The first-order valence-corrected chi connectivity index (χ1v) is 6.94. The number of anilines is 1. The molecule has 1 aliphatic carbocycles. The van der Waals surface area contributed by atoms with Crippen molar-refractivity contribution in [1.82, 2.24) is 19.7 Å². The van der Waals surface area contributed by atoms with Crippen molar-refractivity contribution < 1.29 is 0 Å². The molecule has 19 heavy (non-hydrogen) atoms. The molecule has 2 aromatic heterocycles. The van der Waals surface area contributed by atoms with Crippen LogP contribution in [0.4, 0.5) is 5.82 Å². The Labute approximate surface area is 117 Å². The number of aromatic nitrogens is 4. The second-order valence-electron chi connectivity index (χ2n) is 4.82. The van der Waals surface area contributed by atoms with Crippen LogP contribution in [0.2, 0.25) is 5.15 Å². The van der Waals surface area contributed by atoms with Crippen molar-refractivity contribution in [2.75, 3.05) is 5.32 Å². The van der Waals surface area contributed by atoms with E-state index in [2.05, 4.69) is 20.4 Å². The van der Waals surface area contributed by atoms with E-state index in [1.165, 1.54) is 12.8 Å². The van der Waals surface area contributed by atoms with E-state index in [1.807, 2.05) is 23.1 Å². The van der Waals surface area contributed by atoms with Gasteiger partial charge in [0.15, 0.2) is 0 Å². The Balaban J connectivity index is 1.77. The van der Waals surface area contributed by atoms with E-state index in [1.54, 1.807) is 12.4 Å². The van der Waals surface area contributed by atoms with Gasteiger partial charge in [-0.3, -0.25) is 9.67 Å². The molecule has 3 rings (SSSR count). The van der Waals surface area contributed by atoms with E-state index in [9.17, 15) is 0 Å². The van der Waals surface area contributed by atoms with Crippen molar-refractivity contribution in [2.45, 2.75) is 37.8 Å². The highest BCUT2D eigenvalue weighted by atomic mass is 35.5. The van der Waals surface area contributed by atoms with E-state index < -0.39 is 0 Å². The lowest BCUT2D eigenvalue weighted by Crippen LogP contribution is -2.34. The summed E-state index contributed by atoms with van der Waals surface area (Å²) in [6, 6.07) is 2.65. The maximum absolute atomic E-state index is 5.87. The topological polar surface area (TPSA) is 55.6 Å². The van der Waals surface area contributed by atoms with Crippen molar-refractivity contribution in [3.8, 4) is 0 Å². The quantitative estimate of drug-likeness (QED) is 0.937. The highest BCUT2D eigenvalue weighted by Gasteiger charge is 2.27. The van der Waals surface area contributed by atoms with Gasteiger partial charge in [-0.05, 0) is 18.9 Å². The van der Waals surface area contributed by atoms with E-state index in [0.717, 1.165) is 18.7 Å². The largest absolute Gasteiger partial charge is 0.364 e. The van der Waals surface area contributed by atoms with Crippen LogP contribution in [0.1, 0.15) is 31.7 Å². The molecule has 0 unspecified atom stereocenters. The van der Waals surface area contributed by atoms with Crippen LogP contribution in [-0.4, -0.2) is 25.8 Å². The van der Waals surface area contributed by atoms with Crippen LogP contribution < -0.4 is 5.32 Å². The molecule has 100 valence electrons. The Hall–Kier alpha value is -1.62. The second-order valence-corrected chi connectivity index (χ2v) is 5.20. The summed E-state index contributed by atoms with van der Waals surface area (Å²) in [5.41, 5.74) is 0. The molecule has 2 aromatic rings. The molecule has 0 bridgehead atoms. The predicted molar refractivity (Wildman–Crippen MR) is 74.2 cm³/mol. The molecule has 0 aliphatic heterocycles. The van der Waals surface area contributed by atoms with Crippen LogP contribution >= 0.6 is 11.6 Å². The first kappa shape index (κ1) is 12.4. The molecule has 1 aliphatic rings. The minimum absolute atomic E-state index is 0.321. The van der Waals surface area contributed by atoms with Crippen LogP contribution in [0.15, 0.2) is 30.9 Å². The maximum atomic E-state index is 5.87. The SMILES string of the molecule is Clc1cncc(N[C@H]2CCCC[C@@H]2n2cccn2)n1. The van der Waals surface area contributed by atoms with Crippen molar-refractivity contribution in [3.05, 3.63) is 36.0 Å². The molecule has 0 aromatic carbocycles. The van der Waals surface area contributed by atoms with Gasteiger partial charge in [0.1, 0.15) is 11.0 Å². The van der Waals surface area contributed by atoms with Gasteiger partial charge < -0.3 is 5.32 Å². The van der Waals surface area contributed by atoms with E-state index in [-0.39, 0.29) is 0 Å². The molecule has 1 N–H and O–H groups in total. The molecule has 0 amide bonds. The van der Waals surface area contributed by atoms with Gasteiger partial charge in [0.05, 0.1) is 24.5 Å². The van der Waals surface area contributed by atoms with Crippen LogP contribution in [0, 0.1) is 0 Å². The van der Waals surface area contributed by atoms with Crippen LogP contribution in [0.5, 0.6) is 0 Å². The number of hydrogen-bond acceptors (Lipinski definition) is 4. The Bertz CT molecular complexity index is 528. The van der Waals surface area contributed by atoms with Crippen molar-refractivity contribution in [3.63, 3.8) is 0 Å². The van der Waals surface area contributed by atoms with E-state index in [4.69, 9.17) is 11.6 Å². The zero-order valence-corrected chi connectivity index (χ0v) is 11.3. The number of halogens is 1. The highest BCUT2D eigenvalue weighted by Crippen LogP contribution is 2.30. The van der Waals surface area contributed by atoms with Gasteiger partial charge in [-0.1, -0.05) is 24.4 Å². The molecular weight excluding hydrogens is 262 g/mol. The minimum atomic E-state index is 0.321. The van der Waals surface area contributed by atoms with Gasteiger partial charge in [0.25, 0.3) is 0 Å². The molecule has 0 radical (unpaired) electrons. The summed E-state index contributed by atoms with van der Waals surface area (Å²) in [4.78, 5) is 8.30. The standard InChI is InChI=1S/C13H16ClN5/c14-12-8-15-9-13(18-12)17-10-4-1-2-5-11(10)19-7-3-6-16-19/h3,6-11H,1-2,4-5H2,(H,17,18)/t10-,11-/m0/s1. The van der Waals surface area contributed by atoms with Gasteiger partial charge >= 0.3 is 0 Å². The van der Waals surface area contributed by atoms with Crippen molar-refractivity contribution in [1.29, 1.82) is 0 Å². The number of nitrogens with one attached hydrogen (secondary N) is 1. The first-order chi connectivity index (χ1) is 9.33. The fraction of sp³-hybridized carbons (Fsp3) is 0.462. The van der Waals surface area contributed by atoms with Crippen molar-refractivity contribution >= 4 is 17.4 Å². The third-order valence-corrected chi connectivity index (χ3v) is 3.71. The van der Waals surface area contributed by atoms with Gasteiger partial charge in [-0.2, -0.15) is 5.10 Å². The Morgan fingerprint density at radius 3 is 2.95 bits per heavy atom. The molecule has 2 heterocycles. The Morgan fingerprint density at radius 1 is 1.26 bits per heavy atom. The minimum Gasteiger partial charge on any atom is -0.364 e. The normalized spacial score (nSPS) is 23.2. The molecular formula is C13H16ClN5. The van der Waals surface area contributed by atoms with Gasteiger partial charge in [-0.15, -0.1) is 0 Å². The molecule has 0 saturated heterocycles. The van der Waals surface area contributed by atoms with Crippen LogP contribution in [0.3, 0.4) is 0 Å². The van der Waals surface area contributed by atoms with Gasteiger partial charge in [0.2, 0.25) is 0 Å². The fourth-order valence-electron chi connectivity index (χ4n) is 2.67. The average Bonchev–Trinajstić information content (AvgIpc) is 2.93. The summed E-state index contributed by atoms with van der Waals surface area (Å²) in [6.45, 7) is 0. The third-order valence-electron chi connectivity index (χ3n) is 3.53. The third kappa shape index (κ3) is 2.87. The summed E-state index contributed by atoms with van der Waals surface area (Å²) in [7, 11) is 0. The molecule has 0 spiro atoms. The lowest BCUT2D eigenvalue weighted by atomic mass is 9.90. The highest BCUT2D eigenvalue weighted by molar-refractivity contribution is 6.29. The number of rotatable bonds is 3. The molecule has 2 atom stereocenters. The summed E-state index contributed by atoms with van der Waals surface area (Å²) >= 11 is 5.87. The van der Waals surface area contributed by atoms with Gasteiger partial charge in [-0.25, -0.2) is 4.98 Å². The fourth-order valence-corrected chi connectivity index (χ4v) is 2.82. The first-order valence-electron chi connectivity index (χ1n) is 6.56. The summed E-state index contributed by atoms with van der Waals surface area (Å²) in [5, 5.41) is 8.22. The molecule has 5 nitrogen and oxygen atoms in total. The van der Waals surface area contributed by atoms with Crippen molar-refractivity contribution in [2.24, 2.45) is 0 Å². The molecule has 1 fully saturated rings. The van der Waals surface area contributed by atoms with E-state index >= 15 is 0 Å². The number of hydrogen-bond donors (Lipinski definition) is 1. The average molecular weight is 278 g/mol. The maximum Gasteiger partial charge on any atom is 0.149 e. The summed E-state index contributed by atoms with van der Waals surface area (Å²) < 4.78 is 2.04.